The van der Waals surface area contributed by atoms with Gasteiger partial charge in [-0.2, -0.15) is 13.2 Å². The lowest BCUT2D eigenvalue weighted by Crippen LogP contribution is -2.20. The van der Waals surface area contributed by atoms with Crippen LogP contribution in [0.5, 0.6) is 0 Å². The molecule has 0 amide bonds. The van der Waals surface area contributed by atoms with Gasteiger partial charge in [0.1, 0.15) is 0 Å². The number of rotatable bonds is 7. The van der Waals surface area contributed by atoms with Gasteiger partial charge in [-0.3, -0.25) is 0 Å². The monoisotopic (exact) mass is 384 g/mol. The van der Waals surface area contributed by atoms with E-state index >= 15 is 0 Å². The van der Waals surface area contributed by atoms with Crippen molar-refractivity contribution in [2.24, 2.45) is 0 Å². The quantitative estimate of drug-likeness (QED) is 0.447. The maximum atomic E-state index is 12.8. The lowest BCUT2D eigenvalue weighted by Gasteiger charge is -2.18. The van der Waals surface area contributed by atoms with Gasteiger partial charge in [-0.25, -0.2) is 0 Å². The molecule has 1 nitrogen and oxygen atoms in total. The standard InChI is InChI=1S/C24H26F3N/c1-3-19-13-14-21(23-12-5-4-11-22(19)23)17(2)28-15-7-9-18-8-6-10-20(16-18)24(25,26)27/h4-6,8,10-14,16-17,28H,3,7,9,15H2,1-2H3/t17-/m1/s1/i3-1. The molecule has 0 bridgehead atoms. The molecule has 3 aromatic rings. The number of benzene rings is 3. The Morgan fingerprint density at radius 1 is 0.929 bits per heavy atom. The molecule has 28 heavy (non-hydrogen) atoms. The molecule has 0 radical (unpaired) electrons. The number of hydrogen-bond donors (Lipinski definition) is 1. The SMILES string of the molecule is C[11CH2]c1ccc([C@@H](C)NCCCc2cccc(C(F)(F)F)c2)c2ccccc12. The molecule has 3 aromatic carbocycles. The van der Waals surface area contributed by atoms with Crippen molar-refractivity contribution in [2.45, 2.75) is 45.3 Å². The molecular weight excluding hydrogens is 358 g/mol. The average Bonchev–Trinajstić information content (AvgIpc) is 2.69. The molecule has 0 aliphatic rings. The van der Waals surface area contributed by atoms with E-state index in [0.29, 0.717) is 6.42 Å². The lowest BCUT2D eigenvalue weighted by atomic mass is 9.79. The second-order valence-corrected chi connectivity index (χ2v) is 7.19. The van der Waals surface area contributed by atoms with Gasteiger partial charge in [0, 0.05) is 6.04 Å². The molecule has 0 unspecified atom stereocenters. The largest absolute Gasteiger partial charge is 0.416 e. The van der Waals surface area contributed by atoms with Crippen molar-refractivity contribution in [1.82, 2.24) is 5.32 Å². The Balaban J connectivity index is 1.61. The molecule has 0 fully saturated rings. The molecule has 1 atom stereocenters. The van der Waals surface area contributed by atoms with Crippen molar-refractivity contribution >= 4 is 10.8 Å². The van der Waals surface area contributed by atoms with Crippen LogP contribution in [-0.4, -0.2) is 6.54 Å². The predicted molar refractivity (Wildman–Crippen MR) is 110 cm³/mol. The van der Waals surface area contributed by atoms with Crippen LogP contribution < -0.4 is 5.32 Å². The van der Waals surface area contributed by atoms with Crippen LogP contribution in [0.25, 0.3) is 10.8 Å². The minimum Gasteiger partial charge on any atom is -0.310 e. The van der Waals surface area contributed by atoms with Gasteiger partial charge in [-0.15, -0.1) is 0 Å². The summed E-state index contributed by atoms with van der Waals surface area (Å²) in [7, 11) is 0. The van der Waals surface area contributed by atoms with Crippen molar-refractivity contribution in [3.8, 4) is 0 Å². The topological polar surface area (TPSA) is 12.0 Å². The minimum atomic E-state index is -4.28. The smallest absolute Gasteiger partial charge is 0.310 e. The van der Waals surface area contributed by atoms with Crippen molar-refractivity contribution in [3.05, 3.63) is 82.9 Å². The van der Waals surface area contributed by atoms with Gasteiger partial charge in [0.2, 0.25) is 0 Å². The maximum absolute atomic E-state index is 12.8. The fraction of sp³-hybridized carbons (Fsp3) is 0.333. The van der Waals surface area contributed by atoms with E-state index in [2.05, 4.69) is 55.6 Å². The Morgan fingerprint density at radius 3 is 2.39 bits per heavy atom. The summed E-state index contributed by atoms with van der Waals surface area (Å²) < 4.78 is 38.5. The summed E-state index contributed by atoms with van der Waals surface area (Å²) in [5.41, 5.74) is 2.75. The first kappa shape index (κ1) is 20.4. The third-order valence-corrected chi connectivity index (χ3v) is 5.24. The maximum Gasteiger partial charge on any atom is 0.416 e. The summed E-state index contributed by atoms with van der Waals surface area (Å²) in [6.07, 6.45) is -1.87. The minimum absolute atomic E-state index is 0.178. The number of nitrogens with one attached hydrogen (secondary N) is 1. The summed E-state index contributed by atoms with van der Waals surface area (Å²) in [6, 6.07) is 18.6. The van der Waals surface area contributed by atoms with Crippen LogP contribution in [0.3, 0.4) is 0 Å². The van der Waals surface area contributed by atoms with Gasteiger partial charge in [-0.1, -0.05) is 61.5 Å². The van der Waals surface area contributed by atoms with Crippen molar-refractivity contribution in [3.63, 3.8) is 0 Å². The highest BCUT2D eigenvalue weighted by Gasteiger charge is 2.30. The summed E-state index contributed by atoms with van der Waals surface area (Å²) in [5, 5.41) is 6.08. The Morgan fingerprint density at radius 2 is 1.68 bits per heavy atom. The molecule has 1 N–H and O–H groups in total. The molecule has 0 aliphatic carbocycles. The molecular formula is C24H26F3N. The van der Waals surface area contributed by atoms with Gasteiger partial charge in [-0.05, 0) is 66.3 Å². The Bertz CT molecular complexity index is 931. The van der Waals surface area contributed by atoms with Crippen LogP contribution in [0.1, 0.15) is 48.6 Å². The Hall–Kier alpha value is -2.33. The number of halogens is 3. The zero-order chi connectivity index (χ0) is 20.1. The van der Waals surface area contributed by atoms with E-state index in [0.717, 1.165) is 31.0 Å². The lowest BCUT2D eigenvalue weighted by molar-refractivity contribution is -0.137. The van der Waals surface area contributed by atoms with Crippen LogP contribution in [0.4, 0.5) is 13.2 Å². The molecule has 0 aromatic heterocycles. The third-order valence-electron chi connectivity index (χ3n) is 5.24. The molecule has 0 heterocycles. The number of aryl methyl sites for hydroxylation is 2. The molecule has 148 valence electrons. The van der Waals surface area contributed by atoms with E-state index in [4.69, 9.17) is 0 Å². The molecule has 3 rings (SSSR count). The fourth-order valence-electron chi connectivity index (χ4n) is 3.69. The van der Waals surface area contributed by atoms with Gasteiger partial charge in [0.05, 0.1) is 5.56 Å². The number of fused-ring (bicyclic) bond motifs is 1. The van der Waals surface area contributed by atoms with E-state index in [1.807, 2.05) is 0 Å². The van der Waals surface area contributed by atoms with E-state index in [1.54, 1.807) is 6.07 Å². The van der Waals surface area contributed by atoms with Crippen LogP contribution >= 0.6 is 0 Å². The van der Waals surface area contributed by atoms with Gasteiger partial charge >= 0.3 is 6.18 Å². The fourth-order valence-corrected chi connectivity index (χ4v) is 3.69. The Kier molecular flexibility index (Phi) is 6.40. The van der Waals surface area contributed by atoms with Crippen LogP contribution in [0.2, 0.25) is 0 Å². The predicted octanol–water partition coefficient (Wildman–Crippen LogP) is 6.70. The van der Waals surface area contributed by atoms with Gasteiger partial charge in [0.15, 0.2) is 0 Å². The summed E-state index contributed by atoms with van der Waals surface area (Å²) in [6.45, 7) is 5.05. The van der Waals surface area contributed by atoms with E-state index in [9.17, 15) is 13.2 Å². The van der Waals surface area contributed by atoms with Crippen molar-refractivity contribution in [1.29, 1.82) is 0 Å². The highest BCUT2D eigenvalue weighted by Crippen LogP contribution is 2.30. The van der Waals surface area contributed by atoms with Crippen LogP contribution in [0.15, 0.2) is 60.7 Å². The zero-order valence-corrected chi connectivity index (χ0v) is 16.3. The summed E-state index contributed by atoms with van der Waals surface area (Å²) >= 11 is 0. The second-order valence-electron chi connectivity index (χ2n) is 7.19. The highest BCUT2D eigenvalue weighted by molar-refractivity contribution is 5.89. The molecule has 4 heteroatoms. The van der Waals surface area contributed by atoms with E-state index in [-0.39, 0.29) is 6.04 Å². The number of hydrogen-bond acceptors (Lipinski definition) is 1. The average molecular weight is 384 g/mol. The zero-order valence-electron chi connectivity index (χ0n) is 16.3. The summed E-state index contributed by atoms with van der Waals surface area (Å²) in [4.78, 5) is 0. The second kappa shape index (κ2) is 8.78. The molecule has 0 saturated carbocycles. The Labute approximate surface area is 164 Å². The van der Waals surface area contributed by atoms with Gasteiger partial charge < -0.3 is 5.32 Å². The van der Waals surface area contributed by atoms with Crippen LogP contribution in [0, 0.1) is 0 Å². The van der Waals surface area contributed by atoms with Crippen molar-refractivity contribution in [2.75, 3.05) is 6.54 Å². The summed E-state index contributed by atoms with van der Waals surface area (Å²) in [5.74, 6) is 0. The first-order valence-corrected chi connectivity index (χ1v) is 9.80. The van der Waals surface area contributed by atoms with E-state index in [1.165, 1.54) is 34.0 Å². The van der Waals surface area contributed by atoms with Gasteiger partial charge in [0.25, 0.3) is 0 Å². The highest BCUT2D eigenvalue weighted by atomic mass is 19.4. The normalized spacial score (nSPS) is 13.0. The molecule has 0 aliphatic heterocycles. The van der Waals surface area contributed by atoms with Crippen LogP contribution in [-0.2, 0) is 19.0 Å². The molecule has 0 spiro atoms. The first-order chi connectivity index (χ1) is 13.4. The molecule has 0 saturated heterocycles. The third kappa shape index (κ3) is 4.74. The number of alkyl halides is 3. The van der Waals surface area contributed by atoms with Crippen molar-refractivity contribution < 1.29 is 13.2 Å². The van der Waals surface area contributed by atoms with E-state index < -0.39 is 11.7 Å². The first-order valence-electron chi connectivity index (χ1n) is 9.80.